The van der Waals surface area contributed by atoms with Crippen LogP contribution in [-0.4, -0.2) is 50.7 Å². The van der Waals surface area contributed by atoms with Crippen molar-refractivity contribution >= 4 is 46.2 Å². The number of aliphatic hydroxyl groups is 1. The molecule has 1 aliphatic heterocycles. The van der Waals surface area contributed by atoms with Gasteiger partial charge >= 0.3 is 0 Å². The lowest BCUT2D eigenvalue weighted by molar-refractivity contribution is -0.136. The molecule has 1 fully saturated rings. The van der Waals surface area contributed by atoms with E-state index in [1.165, 1.54) is 21.6 Å². The van der Waals surface area contributed by atoms with Crippen LogP contribution in [0.2, 0.25) is 0 Å². The summed E-state index contributed by atoms with van der Waals surface area (Å²) in [5.41, 5.74) is 2.92. The van der Waals surface area contributed by atoms with Crippen molar-refractivity contribution in [1.29, 1.82) is 0 Å². The van der Waals surface area contributed by atoms with Crippen molar-refractivity contribution in [3.63, 3.8) is 0 Å². The second-order valence-corrected chi connectivity index (χ2v) is 8.77. The van der Waals surface area contributed by atoms with Crippen LogP contribution < -0.4 is 0 Å². The van der Waals surface area contributed by atoms with E-state index in [9.17, 15) is 14.7 Å². The van der Waals surface area contributed by atoms with E-state index in [1.807, 2.05) is 73.7 Å². The second kappa shape index (κ2) is 11.0. The number of hydrogen-bond acceptors (Lipinski definition) is 5. The highest BCUT2D eigenvalue weighted by Gasteiger charge is 2.34. The van der Waals surface area contributed by atoms with Gasteiger partial charge in [0.05, 0.1) is 11.5 Å². The summed E-state index contributed by atoms with van der Waals surface area (Å²) in [7, 11) is 0. The number of thioether (sulfide) groups is 1. The van der Waals surface area contributed by atoms with Crippen molar-refractivity contribution in [3.05, 3.63) is 88.3 Å². The molecule has 2 aromatic carbocycles. The van der Waals surface area contributed by atoms with Crippen LogP contribution >= 0.6 is 24.0 Å². The third-order valence-electron chi connectivity index (χ3n) is 4.66. The van der Waals surface area contributed by atoms with Crippen molar-refractivity contribution < 1.29 is 14.7 Å². The fourth-order valence-corrected chi connectivity index (χ4v) is 4.45. The molecule has 31 heavy (non-hydrogen) atoms. The van der Waals surface area contributed by atoms with E-state index in [-0.39, 0.29) is 31.5 Å². The number of nitrogens with zero attached hydrogens (tertiary/aromatic N) is 2. The van der Waals surface area contributed by atoms with Crippen LogP contribution in [0.1, 0.15) is 18.1 Å². The molecule has 0 atom stereocenters. The molecule has 1 saturated heterocycles. The molecule has 1 N–H and O–H groups in total. The normalized spacial score (nSPS) is 15.6. The van der Waals surface area contributed by atoms with Gasteiger partial charge in [0.1, 0.15) is 10.9 Å². The van der Waals surface area contributed by atoms with Crippen LogP contribution in [0, 0.1) is 0 Å². The summed E-state index contributed by atoms with van der Waals surface area (Å²) in [5, 5.41) is 9.37. The van der Waals surface area contributed by atoms with E-state index >= 15 is 0 Å². The zero-order valence-electron chi connectivity index (χ0n) is 17.2. The van der Waals surface area contributed by atoms with Crippen LogP contribution in [0.4, 0.5) is 0 Å². The number of hydrogen-bond donors (Lipinski definition) is 1. The summed E-state index contributed by atoms with van der Waals surface area (Å²) in [6, 6.07) is 19.4. The van der Waals surface area contributed by atoms with Crippen molar-refractivity contribution in [1.82, 2.24) is 9.80 Å². The van der Waals surface area contributed by atoms with Gasteiger partial charge in [0.15, 0.2) is 0 Å². The van der Waals surface area contributed by atoms with Crippen LogP contribution in [0.5, 0.6) is 0 Å². The van der Waals surface area contributed by atoms with Gasteiger partial charge < -0.3 is 10.0 Å². The van der Waals surface area contributed by atoms with E-state index in [4.69, 9.17) is 12.2 Å². The number of benzene rings is 2. The van der Waals surface area contributed by atoms with E-state index in [2.05, 4.69) is 0 Å². The molecular formula is C24H24N2O3S2. The molecule has 0 spiro atoms. The molecule has 160 valence electrons. The van der Waals surface area contributed by atoms with Crippen LogP contribution in [0.15, 0.2) is 77.2 Å². The van der Waals surface area contributed by atoms with Crippen molar-refractivity contribution in [2.75, 3.05) is 19.7 Å². The standard InChI is InChI=1S/C24H24N2O3S2/c1-18(14-19-8-4-2-5-9-19)15-21-23(29)26(24(30)31-21)17-22(28)25(12-13-27)16-20-10-6-3-7-11-20/h2-11,14-15,27H,12-13,16-17H2,1H3. The monoisotopic (exact) mass is 452 g/mol. The number of carbonyl (C=O) groups excluding carboxylic acids is 2. The Morgan fingerprint density at radius 2 is 1.77 bits per heavy atom. The minimum absolute atomic E-state index is 0.143. The van der Waals surface area contributed by atoms with E-state index < -0.39 is 0 Å². The van der Waals surface area contributed by atoms with Crippen LogP contribution in [0.25, 0.3) is 6.08 Å². The van der Waals surface area contributed by atoms with Crippen LogP contribution in [-0.2, 0) is 16.1 Å². The number of rotatable bonds is 8. The number of amides is 2. The lowest BCUT2D eigenvalue weighted by atomic mass is 10.1. The van der Waals surface area contributed by atoms with Crippen LogP contribution in [0.3, 0.4) is 0 Å². The first kappa shape index (κ1) is 22.9. The molecule has 0 aromatic heterocycles. The van der Waals surface area contributed by atoms with Gasteiger partial charge in [-0.05, 0) is 29.7 Å². The SMILES string of the molecule is CC(=Cc1ccccc1)C=C1SC(=S)N(CC(=O)N(CCO)Cc2ccccc2)C1=O. The molecule has 2 amide bonds. The van der Waals surface area contributed by atoms with Gasteiger partial charge in [-0.1, -0.05) is 90.7 Å². The molecule has 1 heterocycles. The summed E-state index contributed by atoms with van der Waals surface area (Å²) >= 11 is 6.56. The summed E-state index contributed by atoms with van der Waals surface area (Å²) in [5.74, 6) is -0.528. The van der Waals surface area contributed by atoms with Gasteiger partial charge in [-0.15, -0.1) is 0 Å². The second-order valence-electron chi connectivity index (χ2n) is 7.09. The quantitative estimate of drug-likeness (QED) is 0.487. The Morgan fingerprint density at radius 1 is 1.13 bits per heavy atom. The minimum atomic E-state index is -0.271. The molecule has 0 aliphatic carbocycles. The fraction of sp³-hybridized carbons (Fsp3) is 0.208. The maximum absolute atomic E-state index is 12.9. The maximum Gasteiger partial charge on any atom is 0.266 e. The molecule has 0 unspecified atom stereocenters. The Kier molecular flexibility index (Phi) is 8.17. The molecular weight excluding hydrogens is 428 g/mol. The first-order valence-corrected chi connectivity index (χ1v) is 11.1. The number of aliphatic hydroxyl groups excluding tert-OH is 1. The molecule has 2 aromatic rings. The fourth-order valence-electron chi connectivity index (χ4n) is 3.15. The largest absolute Gasteiger partial charge is 0.395 e. The van der Waals surface area contributed by atoms with Crippen molar-refractivity contribution in [2.45, 2.75) is 13.5 Å². The van der Waals surface area contributed by atoms with Gasteiger partial charge in [0, 0.05) is 13.1 Å². The van der Waals surface area contributed by atoms with Gasteiger partial charge in [0.2, 0.25) is 5.91 Å². The Hall–Kier alpha value is -2.74. The lowest BCUT2D eigenvalue weighted by Crippen LogP contribution is -2.42. The summed E-state index contributed by atoms with van der Waals surface area (Å²) in [6.07, 6.45) is 3.78. The average molecular weight is 453 g/mol. The zero-order chi connectivity index (χ0) is 22.2. The summed E-state index contributed by atoms with van der Waals surface area (Å²) in [6.45, 7) is 2.19. The highest BCUT2D eigenvalue weighted by Crippen LogP contribution is 2.32. The Labute approximate surface area is 192 Å². The smallest absolute Gasteiger partial charge is 0.266 e. The first-order chi connectivity index (χ1) is 15.0. The Morgan fingerprint density at radius 3 is 2.42 bits per heavy atom. The predicted molar refractivity (Wildman–Crippen MR) is 129 cm³/mol. The van der Waals surface area contributed by atoms with Gasteiger partial charge in [0.25, 0.3) is 5.91 Å². The van der Waals surface area contributed by atoms with Gasteiger partial charge in [-0.25, -0.2) is 0 Å². The Balaban J connectivity index is 1.69. The summed E-state index contributed by atoms with van der Waals surface area (Å²) in [4.78, 5) is 29.1. The maximum atomic E-state index is 12.9. The van der Waals surface area contributed by atoms with Gasteiger partial charge in [-0.3, -0.25) is 14.5 Å². The molecule has 1 aliphatic rings. The molecule has 0 radical (unpaired) electrons. The average Bonchev–Trinajstić information content (AvgIpc) is 3.02. The molecule has 5 nitrogen and oxygen atoms in total. The Bertz CT molecular complexity index is 1000. The number of allylic oxidation sites excluding steroid dienone is 2. The third-order valence-corrected chi connectivity index (χ3v) is 6.04. The van der Waals surface area contributed by atoms with Crippen molar-refractivity contribution in [2.24, 2.45) is 0 Å². The summed E-state index contributed by atoms with van der Waals surface area (Å²) < 4.78 is 0.362. The molecule has 3 rings (SSSR count). The van der Waals surface area contributed by atoms with Crippen molar-refractivity contribution in [3.8, 4) is 0 Å². The topological polar surface area (TPSA) is 60.9 Å². The number of carbonyl (C=O) groups is 2. The first-order valence-electron chi connectivity index (χ1n) is 9.89. The van der Waals surface area contributed by atoms with E-state index in [0.29, 0.717) is 15.8 Å². The van der Waals surface area contributed by atoms with E-state index in [1.54, 1.807) is 6.08 Å². The number of thiocarbonyl (C=S) groups is 1. The van der Waals surface area contributed by atoms with Gasteiger partial charge in [-0.2, -0.15) is 0 Å². The third kappa shape index (κ3) is 6.37. The molecule has 0 saturated carbocycles. The minimum Gasteiger partial charge on any atom is -0.395 e. The highest BCUT2D eigenvalue weighted by molar-refractivity contribution is 8.26. The van der Waals surface area contributed by atoms with E-state index in [0.717, 1.165) is 16.7 Å². The molecule has 0 bridgehead atoms. The highest BCUT2D eigenvalue weighted by atomic mass is 32.2. The predicted octanol–water partition coefficient (Wildman–Crippen LogP) is 3.86. The molecule has 7 heteroatoms. The zero-order valence-corrected chi connectivity index (χ0v) is 18.9. The lowest BCUT2D eigenvalue weighted by Gasteiger charge is -2.24.